The zero-order chi connectivity index (χ0) is 17.4. The third kappa shape index (κ3) is 2.90. The zero-order valence-electron chi connectivity index (χ0n) is 14.2. The number of carboxylic acid groups (broad SMARTS) is 1. The number of thioether (sulfide) groups is 1. The Balaban J connectivity index is 1.39. The number of nitrogens with one attached hydrogen (secondary N) is 1. The van der Waals surface area contributed by atoms with Gasteiger partial charge in [0.25, 0.3) is 0 Å². The van der Waals surface area contributed by atoms with Gasteiger partial charge in [-0.25, -0.2) is 4.79 Å². The fourth-order valence-corrected chi connectivity index (χ4v) is 5.96. The number of hydrogen-bond acceptors (Lipinski definition) is 3. The van der Waals surface area contributed by atoms with Crippen LogP contribution in [0.1, 0.15) is 35.6 Å². The Morgan fingerprint density at radius 1 is 1.36 bits per heavy atom. The van der Waals surface area contributed by atoms with E-state index in [1.54, 1.807) is 4.90 Å². The lowest BCUT2D eigenvalue weighted by Crippen LogP contribution is -2.42. The number of likely N-dealkylation sites (tertiary alicyclic amines) is 1. The van der Waals surface area contributed by atoms with Gasteiger partial charge in [0.05, 0.1) is 5.41 Å². The molecule has 2 aliphatic heterocycles. The average molecular weight is 360 g/mol. The lowest BCUT2D eigenvalue weighted by molar-refractivity contribution is -0.149. The van der Waals surface area contributed by atoms with Crippen LogP contribution in [-0.2, 0) is 11.2 Å². The number of fused-ring (bicyclic) bond motifs is 2. The SMILES string of the molecule is O=C(NCC1SCCc2ccccc21)N1C[C@@H]2CCC[C@@]2(C(=O)O)C1. The number of hydrogen-bond donors (Lipinski definition) is 2. The van der Waals surface area contributed by atoms with E-state index in [-0.39, 0.29) is 17.2 Å². The summed E-state index contributed by atoms with van der Waals surface area (Å²) in [5.41, 5.74) is 1.99. The molecule has 1 saturated carbocycles. The molecule has 2 fully saturated rings. The van der Waals surface area contributed by atoms with Crippen LogP contribution in [-0.4, -0.2) is 47.4 Å². The third-order valence-electron chi connectivity index (χ3n) is 6.11. The first-order valence-electron chi connectivity index (χ1n) is 9.06. The van der Waals surface area contributed by atoms with Gasteiger partial charge in [-0.3, -0.25) is 4.79 Å². The molecule has 0 radical (unpaired) electrons. The van der Waals surface area contributed by atoms with Crippen molar-refractivity contribution in [3.8, 4) is 0 Å². The number of rotatable bonds is 3. The highest BCUT2D eigenvalue weighted by Crippen LogP contribution is 2.48. The minimum absolute atomic E-state index is 0.112. The second-order valence-corrected chi connectivity index (χ2v) is 8.74. The quantitative estimate of drug-likeness (QED) is 0.870. The van der Waals surface area contributed by atoms with Crippen molar-refractivity contribution in [1.82, 2.24) is 10.2 Å². The van der Waals surface area contributed by atoms with Crippen LogP contribution in [0.3, 0.4) is 0 Å². The van der Waals surface area contributed by atoms with Crippen LogP contribution in [0.2, 0.25) is 0 Å². The first-order chi connectivity index (χ1) is 12.1. The van der Waals surface area contributed by atoms with Crippen LogP contribution in [0.25, 0.3) is 0 Å². The largest absolute Gasteiger partial charge is 0.481 e. The highest BCUT2D eigenvalue weighted by molar-refractivity contribution is 7.99. The number of aryl methyl sites for hydroxylation is 1. The van der Waals surface area contributed by atoms with Gasteiger partial charge in [-0.1, -0.05) is 30.7 Å². The predicted octanol–water partition coefficient (Wildman–Crippen LogP) is 2.91. The Morgan fingerprint density at radius 3 is 3.00 bits per heavy atom. The Kier molecular flexibility index (Phi) is 4.40. The van der Waals surface area contributed by atoms with Crippen LogP contribution in [0.4, 0.5) is 4.79 Å². The number of carbonyl (C=O) groups is 2. The van der Waals surface area contributed by atoms with Crippen LogP contribution >= 0.6 is 11.8 Å². The van der Waals surface area contributed by atoms with Gasteiger partial charge >= 0.3 is 12.0 Å². The number of carboxylic acids is 1. The predicted molar refractivity (Wildman–Crippen MR) is 97.7 cm³/mol. The first-order valence-corrected chi connectivity index (χ1v) is 10.1. The molecule has 134 valence electrons. The van der Waals surface area contributed by atoms with E-state index in [2.05, 4.69) is 29.6 Å². The van der Waals surface area contributed by atoms with Crippen molar-refractivity contribution in [2.45, 2.75) is 30.9 Å². The number of benzene rings is 1. The van der Waals surface area contributed by atoms with Crippen molar-refractivity contribution >= 4 is 23.8 Å². The molecule has 1 aromatic rings. The molecule has 4 rings (SSSR count). The van der Waals surface area contributed by atoms with Crippen molar-refractivity contribution in [1.29, 1.82) is 0 Å². The molecule has 3 atom stereocenters. The molecule has 2 heterocycles. The molecule has 25 heavy (non-hydrogen) atoms. The summed E-state index contributed by atoms with van der Waals surface area (Å²) in [7, 11) is 0. The summed E-state index contributed by atoms with van der Waals surface area (Å²) in [6, 6.07) is 8.33. The third-order valence-corrected chi connectivity index (χ3v) is 7.38. The van der Waals surface area contributed by atoms with Crippen LogP contribution in [0.5, 0.6) is 0 Å². The van der Waals surface area contributed by atoms with Crippen molar-refractivity contribution in [3.63, 3.8) is 0 Å². The molecule has 1 aliphatic carbocycles. The monoisotopic (exact) mass is 360 g/mol. The summed E-state index contributed by atoms with van der Waals surface area (Å²) in [6.45, 7) is 1.53. The van der Waals surface area contributed by atoms with E-state index in [0.717, 1.165) is 25.0 Å². The molecule has 1 saturated heterocycles. The maximum absolute atomic E-state index is 12.6. The van der Waals surface area contributed by atoms with Gasteiger partial charge < -0.3 is 15.3 Å². The van der Waals surface area contributed by atoms with Gasteiger partial charge in [-0.2, -0.15) is 11.8 Å². The Bertz CT molecular complexity index is 695. The fourth-order valence-electron chi connectivity index (χ4n) is 4.73. The highest BCUT2D eigenvalue weighted by Gasteiger charge is 2.55. The van der Waals surface area contributed by atoms with Crippen molar-refractivity contribution in [2.24, 2.45) is 11.3 Å². The van der Waals surface area contributed by atoms with Crippen molar-refractivity contribution in [2.75, 3.05) is 25.4 Å². The Labute approximate surface area is 152 Å². The van der Waals surface area contributed by atoms with Gasteiger partial charge in [0.1, 0.15) is 0 Å². The van der Waals surface area contributed by atoms with E-state index >= 15 is 0 Å². The van der Waals surface area contributed by atoms with E-state index < -0.39 is 11.4 Å². The molecule has 6 heteroatoms. The summed E-state index contributed by atoms with van der Waals surface area (Å²) in [5, 5.41) is 13.0. The first kappa shape index (κ1) is 16.8. The number of urea groups is 1. The lowest BCUT2D eigenvalue weighted by atomic mass is 9.81. The minimum atomic E-state index is -0.734. The maximum atomic E-state index is 12.6. The molecule has 3 aliphatic rings. The molecule has 1 aromatic carbocycles. The molecular weight excluding hydrogens is 336 g/mol. The summed E-state index contributed by atoms with van der Waals surface area (Å²) < 4.78 is 0. The van der Waals surface area contributed by atoms with Crippen molar-refractivity contribution in [3.05, 3.63) is 35.4 Å². The molecule has 0 aromatic heterocycles. The van der Waals surface area contributed by atoms with Crippen LogP contribution in [0, 0.1) is 11.3 Å². The van der Waals surface area contributed by atoms with E-state index in [0.29, 0.717) is 26.1 Å². The van der Waals surface area contributed by atoms with E-state index in [1.807, 2.05) is 11.8 Å². The minimum Gasteiger partial charge on any atom is -0.481 e. The van der Waals surface area contributed by atoms with Gasteiger partial charge in [0.15, 0.2) is 0 Å². The maximum Gasteiger partial charge on any atom is 0.317 e. The molecule has 2 amide bonds. The number of aliphatic carboxylic acids is 1. The Morgan fingerprint density at radius 2 is 2.20 bits per heavy atom. The van der Waals surface area contributed by atoms with Gasteiger partial charge in [0.2, 0.25) is 0 Å². The summed E-state index contributed by atoms with van der Waals surface area (Å²) in [5.74, 6) is 0.452. The summed E-state index contributed by atoms with van der Waals surface area (Å²) >= 11 is 1.88. The topological polar surface area (TPSA) is 69.6 Å². The van der Waals surface area contributed by atoms with Crippen molar-refractivity contribution < 1.29 is 14.7 Å². The normalized spacial score (nSPS) is 30.6. The summed E-state index contributed by atoms with van der Waals surface area (Å²) in [4.78, 5) is 26.1. The van der Waals surface area contributed by atoms with E-state index in [4.69, 9.17) is 0 Å². The molecule has 0 spiro atoms. The van der Waals surface area contributed by atoms with Crippen LogP contribution in [0.15, 0.2) is 24.3 Å². The highest BCUT2D eigenvalue weighted by atomic mass is 32.2. The molecule has 2 N–H and O–H groups in total. The molecule has 5 nitrogen and oxygen atoms in total. The second-order valence-electron chi connectivity index (χ2n) is 7.43. The Hall–Kier alpha value is -1.69. The van der Waals surface area contributed by atoms with Crippen LogP contribution < -0.4 is 5.32 Å². The number of amides is 2. The average Bonchev–Trinajstić information content (AvgIpc) is 3.18. The molecule has 0 bridgehead atoms. The number of carbonyl (C=O) groups excluding carboxylic acids is 1. The van der Waals surface area contributed by atoms with E-state index in [1.165, 1.54) is 11.1 Å². The van der Waals surface area contributed by atoms with Gasteiger partial charge in [-0.05, 0) is 42.1 Å². The second kappa shape index (κ2) is 6.56. The lowest BCUT2D eigenvalue weighted by Gasteiger charge is -2.27. The zero-order valence-corrected chi connectivity index (χ0v) is 15.1. The molecule has 1 unspecified atom stereocenters. The van der Waals surface area contributed by atoms with Gasteiger partial charge in [-0.15, -0.1) is 0 Å². The summed E-state index contributed by atoms with van der Waals surface area (Å²) in [6.07, 6.45) is 3.66. The van der Waals surface area contributed by atoms with Gasteiger partial charge in [0, 0.05) is 24.9 Å². The standard InChI is InChI=1S/C19H24N2O3S/c22-17(23)19-8-3-5-14(19)11-21(12-19)18(24)20-10-16-15-6-2-1-4-13(15)7-9-25-16/h1-2,4,6,14,16H,3,5,7-12H2,(H,20,24)(H,22,23)/t14-,16?,19+/m0/s1. The number of nitrogens with zero attached hydrogens (tertiary/aromatic N) is 1. The molecular formula is C19H24N2O3S. The smallest absolute Gasteiger partial charge is 0.317 e. The fraction of sp³-hybridized carbons (Fsp3) is 0.579. The van der Waals surface area contributed by atoms with E-state index in [9.17, 15) is 14.7 Å².